The van der Waals surface area contributed by atoms with Crippen LogP contribution in [0.25, 0.3) is 0 Å². The van der Waals surface area contributed by atoms with Crippen LogP contribution in [0, 0.1) is 13.8 Å². The van der Waals surface area contributed by atoms with Crippen LogP contribution >= 0.6 is 11.3 Å². The molecule has 1 unspecified atom stereocenters. The molecule has 3 aromatic rings. The number of likely N-dealkylation sites (tertiary alicyclic amines) is 1. The summed E-state index contributed by atoms with van der Waals surface area (Å²) in [5.41, 5.74) is 3.41. The summed E-state index contributed by atoms with van der Waals surface area (Å²) in [6.45, 7) is 6.34. The summed E-state index contributed by atoms with van der Waals surface area (Å²) < 4.78 is 5.28. The van der Waals surface area contributed by atoms with Crippen LogP contribution in [-0.2, 0) is 0 Å². The van der Waals surface area contributed by atoms with Crippen molar-refractivity contribution in [2.24, 2.45) is 0 Å². The second kappa shape index (κ2) is 8.29. The number of aryl methyl sites for hydroxylation is 1. The van der Waals surface area contributed by atoms with E-state index in [1.54, 1.807) is 23.5 Å². The van der Waals surface area contributed by atoms with E-state index in [2.05, 4.69) is 35.1 Å². The first kappa shape index (κ1) is 18.9. The predicted octanol–water partition coefficient (Wildman–Crippen LogP) is 5.18. The fourth-order valence-electron chi connectivity index (χ4n) is 3.87. The molecule has 4 heterocycles. The molecule has 0 aromatic carbocycles. The van der Waals surface area contributed by atoms with Crippen molar-refractivity contribution in [1.29, 1.82) is 0 Å². The number of thiophene rings is 1. The first-order valence-electron chi connectivity index (χ1n) is 9.75. The molecule has 1 fully saturated rings. The third-order valence-electron chi connectivity index (χ3n) is 5.40. The van der Waals surface area contributed by atoms with Crippen molar-refractivity contribution in [2.45, 2.75) is 39.2 Å². The van der Waals surface area contributed by atoms with Crippen LogP contribution in [-0.4, -0.2) is 28.9 Å². The zero-order chi connectivity index (χ0) is 19.5. The lowest BCUT2D eigenvalue weighted by Crippen LogP contribution is -2.35. The fourth-order valence-corrected chi connectivity index (χ4v) is 4.96. The van der Waals surface area contributed by atoms with Crippen LogP contribution in [0.5, 0.6) is 0 Å². The van der Waals surface area contributed by atoms with E-state index in [-0.39, 0.29) is 11.9 Å². The number of aromatic nitrogens is 1. The van der Waals surface area contributed by atoms with Gasteiger partial charge in [-0.2, -0.15) is 0 Å². The van der Waals surface area contributed by atoms with Crippen molar-refractivity contribution in [3.05, 3.63) is 70.3 Å². The number of pyridine rings is 1. The Balaban J connectivity index is 1.76. The second-order valence-corrected chi connectivity index (χ2v) is 8.44. The zero-order valence-corrected chi connectivity index (χ0v) is 17.1. The minimum atomic E-state index is -0.217. The number of carbonyl (C=O) groups excluding carboxylic acids is 1. The average molecular weight is 396 g/mol. The Morgan fingerprint density at radius 3 is 2.68 bits per heavy atom. The Morgan fingerprint density at radius 1 is 1.18 bits per heavy atom. The van der Waals surface area contributed by atoms with Crippen molar-refractivity contribution >= 4 is 22.2 Å². The third kappa shape index (κ3) is 3.75. The van der Waals surface area contributed by atoms with Gasteiger partial charge in [0.05, 0.1) is 18.0 Å². The van der Waals surface area contributed by atoms with Gasteiger partial charge >= 0.3 is 0 Å². The van der Waals surface area contributed by atoms with E-state index >= 15 is 0 Å². The molecule has 0 spiro atoms. The van der Waals surface area contributed by atoms with Crippen molar-refractivity contribution in [3.63, 3.8) is 0 Å². The molecule has 6 heteroatoms. The summed E-state index contributed by atoms with van der Waals surface area (Å²) in [5.74, 6) is 0.105. The summed E-state index contributed by atoms with van der Waals surface area (Å²) in [6.07, 6.45) is 7.03. The molecule has 0 saturated carbocycles. The Bertz CT molecular complexity index is 928. The SMILES string of the molecule is Cc1sc(NC(=O)c2ccco2)c(C(c2ccccn2)N2CCCCC2)c1C. The van der Waals surface area contributed by atoms with Gasteiger partial charge in [0.1, 0.15) is 5.00 Å². The molecule has 1 saturated heterocycles. The number of amides is 1. The molecule has 1 atom stereocenters. The molecule has 146 valence electrons. The van der Waals surface area contributed by atoms with Crippen molar-refractivity contribution < 1.29 is 9.21 Å². The van der Waals surface area contributed by atoms with Gasteiger partial charge in [0.15, 0.2) is 5.76 Å². The number of nitrogens with zero attached hydrogens (tertiary/aromatic N) is 2. The lowest BCUT2D eigenvalue weighted by molar-refractivity contribution is 0.0996. The van der Waals surface area contributed by atoms with Gasteiger partial charge in [-0.3, -0.25) is 14.7 Å². The third-order valence-corrected chi connectivity index (χ3v) is 6.54. The van der Waals surface area contributed by atoms with Crippen LogP contribution in [0.15, 0.2) is 47.2 Å². The monoisotopic (exact) mass is 395 g/mol. The van der Waals surface area contributed by atoms with E-state index in [0.717, 1.165) is 29.3 Å². The molecule has 1 aliphatic heterocycles. The molecule has 5 nitrogen and oxygen atoms in total. The van der Waals surface area contributed by atoms with Crippen LogP contribution in [0.3, 0.4) is 0 Å². The van der Waals surface area contributed by atoms with Crippen LogP contribution in [0.1, 0.15) is 57.6 Å². The number of hydrogen-bond acceptors (Lipinski definition) is 5. The van der Waals surface area contributed by atoms with Crippen LogP contribution in [0.4, 0.5) is 5.00 Å². The number of nitrogens with one attached hydrogen (secondary N) is 1. The average Bonchev–Trinajstić information content (AvgIpc) is 3.35. The van der Waals surface area contributed by atoms with Gasteiger partial charge in [-0.25, -0.2) is 0 Å². The molecule has 1 N–H and O–H groups in total. The van der Waals surface area contributed by atoms with E-state index < -0.39 is 0 Å². The van der Waals surface area contributed by atoms with Gasteiger partial charge in [0.2, 0.25) is 0 Å². The minimum Gasteiger partial charge on any atom is -0.459 e. The lowest BCUT2D eigenvalue weighted by atomic mass is 9.96. The molecule has 1 aliphatic rings. The second-order valence-electron chi connectivity index (χ2n) is 7.21. The molecule has 1 amide bonds. The highest BCUT2D eigenvalue weighted by atomic mass is 32.1. The van der Waals surface area contributed by atoms with E-state index in [1.165, 1.54) is 36.0 Å². The number of hydrogen-bond donors (Lipinski definition) is 1. The summed E-state index contributed by atoms with van der Waals surface area (Å²) in [4.78, 5) is 21.1. The first-order valence-corrected chi connectivity index (χ1v) is 10.6. The zero-order valence-electron chi connectivity index (χ0n) is 16.3. The van der Waals surface area contributed by atoms with Gasteiger partial charge < -0.3 is 9.73 Å². The van der Waals surface area contributed by atoms with Gasteiger partial charge in [-0.1, -0.05) is 12.5 Å². The van der Waals surface area contributed by atoms with E-state index in [4.69, 9.17) is 4.42 Å². The Kier molecular flexibility index (Phi) is 5.59. The number of furan rings is 1. The predicted molar refractivity (Wildman–Crippen MR) is 112 cm³/mol. The van der Waals surface area contributed by atoms with E-state index in [9.17, 15) is 4.79 Å². The number of piperidine rings is 1. The summed E-state index contributed by atoms with van der Waals surface area (Å²) in [7, 11) is 0. The molecule has 4 rings (SSSR count). The largest absolute Gasteiger partial charge is 0.459 e. The first-order chi connectivity index (χ1) is 13.6. The fraction of sp³-hybridized carbons (Fsp3) is 0.364. The van der Waals surface area contributed by atoms with Crippen LogP contribution in [0.2, 0.25) is 0 Å². The smallest absolute Gasteiger partial charge is 0.291 e. The minimum absolute atomic E-state index is 0.0401. The topological polar surface area (TPSA) is 58.4 Å². The lowest BCUT2D eigenvalue weighted by Gasteiger charge is -2.35. The number of rotatable bonds is 5. The molecule has 0 radical (unpaired) electrons. The van der Waals surface area contributed by atoms with Gasteiger partial charge in [-0.05, 0) is 69.6 Å². The van der Waals surface area contributed by atoms with Crippen molar-refractivity contribution in [1.82, 2.24) is 9.88 Å². The molecule has 0 aliphatic carbocycles. The molecule has 3 aromatic heterocycles. The van der Waals surface area contributed by atoms with Crippen molar-refractivity contribution in [3.8, 4) is 0 Å². The Morgan fingerprint density at radius 2 is 2.00 bits per heavy atom. The number of carbonyl (C=O) groups is 1. The number of anilines is 1. The highest BCUT2D eigenvalue weighted by Gasteiger charge is 2.31. The highest BCUT2D eigenvalue weighted by Crippen LogP contribution is 2.42. The van der Waals surface area contributed by atoms with Gasteiger partial charge in [-0.15, -0.1) is 11.3 Å². The quantitative estimate of drug-likeness (QED) is 0.647. The maximum Gasteiger partial charge on any atom is 0.291 e. The Hall–Kier alpha value is -2.44. The van der Waals surface area contributed by atoms with E-state index in [0.29, 0.717) is 5.76 Å². The molecular formula is C22H25N3O2S. The summed E-state index contributed by atoms with van der Waals surface area (Å²) in [6, 6.07) is 9.52. The van der Waals surface area contributed by atoms with Crippen LogP contribution < -0.4 is 5.32 Å². The summed E-state index contributed by atoms with van der Waals surface area (Å²) in [5, 5.41) is 3.98. The van der Waals surface area contributed by atoms with Gasteiger partial charge in [0, 0.05) is 16.6 Å². The maximum atomic E-state index is 12.7. The van der Waals surface area contributed by atoms with E-state index in [1.807, 2.05) is 18.3 Å². The maximum absolute atomic E-state index is 12.7. The molecular weight excluding hydrogens is 370 g/mol. The van der Waals surface area contributed by atoms with Crippen molar-refractivity contribution in [2.75, 3.05) is 18.4 Å². The molecule has 28 heavy (non-hydrogen) atoms. The summed E-state index contributed by atoms with van der Waals surface area (Å²) >= 11 is 1.63. The van der Waals surface area contributed by atoms with Gasteiger partial charge in [0.25, 0.3) is 5.91 Å². The standard InChI is InChI=1S/C22H25N3O2S/c1-15-16(2)28-22(24-21(26)18-10-8-14-27-18)19(15)20(17-9-4-5-11-23-17)25-12-6-3-7-13-25/h4-5,8-11,14,20H,3,6-7,12-13H2,1-2H3,(H,24,26). The normalized spacial score (nSPS) is 16.1. The highest BCUT2D eigenvalue weighted by molar-refractivity contribution is 7.16. The Labute approximate surface area is 169 Å². The molecule has 0 bridgehead atoms.